The summed E-state index contributed by atoms with van der Waals surface area (Å²) in [5.74, 6) is -0.307. The summed E-state index contributed by atoms with van der Waals surface area (Å²) in [6.45, 7) is 12.1. The summed E-state index contributed by atoms with van der Waals surface area (Å²) in [4.78, 5) is 30.0. The van der Waals surface area contributed by atoms with E-state index in [1.54, 1.807) is 9.80 Å². The third-order valence-electron chi connectivity index (χ3n) is 4.78. The molecule has 0 aromatic rings. The lowest BCUT2D eigenvalue weighted by molar-refractivity contribution is -0.154. The smallest absolute Gasteiger partial charge is 0.256 e. The highest BCUT2D eigenvalue weighted by Gasteiger charge is 2.46. The Morgan fingerprint density at radius 2 is 2.00 bits per heavy atom. The minimum absolute atomic E-state index is 0.0607. The van der Waals surface area contributed by atoms with E-state index in [9.17, 15) is 14.7 Å². The SMILES string of the molecule is C=CC(=O)N1CCN(C(=O)C2(O)CCN(C(C)C)C2)CC1C. The predicted molar refractivity (Wildman–Crippen MR) is 84.2 cm³/mol. The van der Waals surface area contributed by atoms with Crippen molar-refractivity contribution in [1.82, 2.24) is 14.7 Å². The molecule has 0 radical (unpaired) electrons. The van der Waals surface area contributed by atoms with Gasteiger partial charge in [-0.3, -0.25) is 14.5 Å². The highest BCUT2D eigenvalue weighted by molar-refractivity contribution is 5.88. The first-order valence-electron chi connectivity index (χ1n) is 7.97. The van der Waals surface area contributed by atoms with Crippen molar-refractivity contribution < 1.29 is 14.7 Å². The molecule has 0 aromatic carbocycles. The topological polar surface area (TPSA) is 64.1 Å². The van der Waals surface area contributed by atoms with E-state index in [0.29, 0.717) is 38.6 Å². The number of aliphatic hydroxyl groups is 1. The van der Waals surface area contributed by atoms with E-state index in [1.165, 1.54) is 6.08 Å². The van der Waals surface area contributed by atoms with E-state index in [-0.39, 0.29) is 17.9 Å². The third kappa shape index (κ3) is 3.17. The van der Waals surface area contributed by atoms with Crippen molar-refractivity contribution in [2.24, 2.45) is 0 Å². The average molecular weight is 309 g/mol. The summed E-state index contributed by atoms with van der Waals surface area (Å²) in [7, 11) is 0. The number of carbonyl (C=O) groups excluding carboxylic acids is 2. The monoisotopic (exact) mass is 309 g/mol. The highest BCUT2D eigenvalue weighted by Crippen LogP contribution is 2.26. The second kappa shape index (κ2) is 6.38. The van der Waals surface area contributed by atoms with Gasteiger partial charge < -0.3 is 14.9 Å². The molecule has 6 nitrogen and oxygen atoms in total. The Labute approximate surface area is 132 Å². The van der Waals surface area contributed by atoms with Gasteiger partial charge in [-0.2, -0.15) is 0 Å². The van der Waals surface area contributed by atoms with E-state index >= 15 is 0 Å². The van der Waals surface area contributed by atoms with Gasteiger partial charge in [0.2, 0.25) is 5.91 Å². The summed E-state index contributed by atoms with van der Waals surface area (Å²) in [5, 5.41) is 10.7. The lowest BCUT2D eigenvalue weighted by Gasteiger charge is -2.41. The Balaban J connectivity index is 2.00. The summed E-state index contributed by atoms with van der Waals surface area (Å²) < 4.78 is 0. The molecule has 6 heteroatoms. The Bertz CT molecular complexity index is 466. The van der Waals surface area contributed by atoms with Crippen LogP contribution in [0.15, 0.2) is 12.7 Å². The van der Waals surface area contributed by atoms with Gasteiger partial charge in [0.1, 0.15) is 0 Å². The van der Waals surface area contributed by atoms with Crippen LogP contribution in [0, 0.1) is 0 Å². The molecule has 2 amide bonds. The van der Waals surface area contributed by atoms with E-state index < -0.39 is 5.60 Å². The maximum Gasteiger partial charge on any atom is 0.256 e. The van der Waals surface area contributed by atoms with E-state index in [4.69, 9.17) is 0 Å². The highest BCUT2D eigenvalue weighted by atomic mass is 16.3. The van der Waals surface area contributed by atoms with Crippen LogP contribution in [0.3, 0.4) is 0 Å². The zero-order valence-corrected chi connectivity index (χ0v) is 13.8. The van der Waals surface area contributed by atoms with Gasteiger partial charge in [0.15, 0.2) is 5.60 Å². The van der Waals surface area contributed by atoms with Crippen molar-refractivity contribution in [2.45, 2.75) is 44.9 Å². The second-order valence-corrected chi connectivity index (χ2v) is 6.68. The van der Waals surface area contributed by atoms with Gasteiger partial charge in [-0.05, 0) is 33.3 Å². The maximum atomic E-state index is 12.7. The predicted octanol–water partition coefficient (Wildman–Crippen LogP) is 0.0769. The molecule has 0 bridgehead atoms. The van der Waals surface area contributed by atoms with Crippen LogP contribution in [0.1, 0.15) is 27.2 Å². The van der Waals surface area contributed by atoms with Crippen LogP contribution in [-0.2, 0) is 9.59 Å². The molecule has 22 heavy (non-hydrogen) atoms. The molecule has 2 saturated heterocycles. The first kappa shape index (κ1) is 17.0. The lowest BCUT2D eigenvalue weighted by atomic mass is 10.00. The number of piperazine rings is 1. The molecule has 2 unspecified atom stereocenters. The van der Waals surface area contributed by atoms with Crippen molar-refractivity contribution >= 4 is 11.8 Å². The number of rotatable bonds is 3. The fraction of sp³-hybridized carbons (Fsp3) is 0.750. The van der Waals surface area contributed by atoms with Gasteiger partial charge in [-0.25, -0.2) is 0 Å². The van der Waals surface area contributed by atoms with Crippen LogP contribution in [0.25, 0.3) is 0 Å². The molecular weight excluding hydrogens is 282 g/mol. The molecule has 0 aliphatic carbocycles. The number of carbonyl (C=O) groups is 2. The van der Waals surface area contributed by atoms with Crippen LogP contribution in [0.5, 0.6) is 0 Å². The largest absolute Gasteiger partial charge is 0.379 e. The number of nitrogens with zero attached hydrogens (tertiary/aromatic N) is 3. The maximum absolute atomic E-state index is 12.7. The standard InChI is InChI=1S/C16H27N3O3/c1-5-14(20)19-9-8-17(10-13(19)4)15(21)16(22)6-7-18(11-16)12(2)3/h5,12-13,22H,1,6-11H2,2-4H3. The molecule has 2 fully saturated rings. The van der Waals surface area contributed by atoms with Crippen molar-refractivity contribution in [3.63, 3.8) is 0 Å². The Hall–Kier alpha value is -1.40. The molecule has 124 valence electrons. The Morgan fingerprint density at radius 1 is 1.32 bits per heavy atom. The van der Waals surface area contributed by atoms with Crippen molar-refractivity contribution in [1.29, 1.82) is 0 Å². The van der Waals surface area contributed by atoms with E-state index in [0.717, 1.165) is 6.54 Å². The number of likely N-dealkylation sites (tertiary alicyclic amines) is 1. The van der Waals surface area contributed by atoms with Crippen LogP contribution >= 0.6 is 0 Å². The summed E-state index contributed by atoms with van der Waals surface area (Å²) in [6, 6.07) is 0.261. The zero-order valence-electron chi connectivity index (χ0n) is 13.8. The van der Waals surface area contributed by atoms with Gasteiger partial charge in [-0.1, -0.05) is 6.58 Å². The Kier molecular flexibility index (Phi) is 4.92. The number of hydrogen-bond donors (Lipinski definition) is 1. The normalized spacial score (nSPS) is 30.0. The summed E-state index contributed by atoms with van der Waals surface area (Å²) >= 11 is 0. The molecule has 2 rings (SSSR count). The number of hydrogen-bond acceptors (Lipinski definition) is 4. The minimum Gasteiger partial charge on any atom is -0.379 e. The Morgan fingerprint density at radius 3 is 2.50 bits per heavy atom. The fourth-order valence-corrected chi connectivity index (χ4v) is 3.32. The van der Waals surface area contributed by atoms with Crippen LogP contribution in [0.2, 0.25) is 0 Å². The molecule has 0 aromatic heterocycles. The summed E-state index contributed by atoms with van der Waals surface area (Å²) in [5.41, 5.74) is -1.28. The molecule has 2 aliphatic rings. The van der Waals surface area contributed by atoms with Crippen LogP contribution in [-0.4, -0.2) is 82.0 Å². The van der Waals surface area contributed by atoms with Crippen LogP contribution in [0.4, 0.5) is 0 Å². The molecule has 2 heterocycles. The molecule has 2 aliphatic heterocycles. The number of amides is 2. The van der Waals surface area contributed by atoms with Gasteiger partial charge in [0.25, 0.3) is 5.91 Å². The third-order valence-corrected chi connectivity index (χ3v) is 4.78. The quantitative estimate of drug-likeness (QED) is 0.750. The molecule has 0 saturated carbocycles. The van der Waals surface area contributed by atoms with Crippen molar-refractivity contribution in [3.05, 3.63) is 12.7 Å². The van der Waals surface area contributed by atoms with E-state index in [2.05, 4.69) is 25.3 Å². The lowest BCUT2D eigenvalue weighted by Crippen LogP contribution is -2.60. The first-order chi connectivity index (χ1) is 10.3. The van der Waals surface area contributed by atoms with Gasteiger partial charge in [0.05, 0.1) is 0 Å². The fourth-order valence-electron chi connectivity index (χ4n) is 3.32. The van der Waals surface area contributed by atoms with Gasteiger partial charge in [0, 0.05) is 44.8 Å². The zero-order chi connectivity index (χ0) is 16.5. The van der Waals surface area contributed by atoms with Crippen LogP contribution < -0.4 is 0 Å². The first-order valence-corrected chi connectivity index (χ1v) is 7.97. The summed E-state index contributed by atoms with van der Waals surface area (Å²) in [6.07, 6.45) is 1.78. The second-order valence-electron chi connectivity index (χ2n) is 6.68. The molecular formula is C16H27N3O3. The number of β-amino-alcohol motifs (C(OH)–C–C–N with tert-alkyl or cyclic N) is 1. The average Bonchev–Trinajstić information content (AvgIpc) is 2.89. The van der Waals surface area contributed by atoms with Gasteiger partial charge >= 0.3 is 0 Å². The van der Waals surface area contributed by atoms with Crippen molar-refractivity contribution in [3.8, 4) is 0 Å². The molecule has 2 atom stereocenters. The van der Waals surface area contributed by atoms with E-state index in [1.807, 2.05) is 6.92 Å². The van der Waals surface area contributed by atoms with Gasteiger partial charge in [-0.15, -0.1) is 0 Å². The molecule has 1 N–H and O–H groups in total. The minimum atomic E-state index is -1.28. The van der Waals surface area contributed by atoms with Crippen molar-refractivity contribution in [2.75, 3.05) is 32.7 Å². The molecule has 0 spiro atoms.